The minimum absolute atomic E-state index is 0.0245. The van der Waals surface area contributed by atoms with E-state index < -0.39 is 29.6 Å². The molecule has 0 aromatic heterocycles. The van der Waals surface area contributed by atoms with Crippen LogP contribution in [0.25, 0.3) is 0 Å². The van der Waals surface area contributed by atoms with E-state index in [1.165, 1.54) is 0 Å². The van der Waals surface area contributed by atoms with Crippen LogP contribution in [0.1, 0.15) is 89.5 Å². The Morgan fingerprint density at radius 2 is 1.15 bits per heavy atom. The molecule has 284 valence electrons. The van der Waals surface area contributed by atoms with Crippen molar-refractivity contribution in [3.05, 3.63) is 70.8 Å². The van der Waals surface area contributed by atoms with Crippen LogP contribution in [0.2, 0.25) is 0 Å². The topological polar surface area (TPSA) is 233 Å². The lowest BCUT2D eigenvalue weighted by Crippen LogP contribution is -2.37. The second kappa shape index (κ2) is 21.4. The number of aliphatic hydroxyl groups excluding tert-OH is 1. The van der Waals surface area contributed by atoms with Crippen molar-refractivity contribution in [2.75, 3.05) is 0 Å². The SMILES string of the molecule is CC(C)(C)OC(=O)NCc1cccc(CC(=O)NC(=N)SC(=N)CCCCC(=N)SC(=N)NC(=O)Cc2cccc(CNC(O)OC(C)(C)C)c2)c1. The van der Waals surface area contributed by atoms with E-state index in [9.17, 15) is 19.5 Å². The highest BCUT2D eigenvalue weighted by molar-refractivity contribution is 8.26. The minimum atomic E-state index is -1.13. The first kappa shape index (κ1) is 44.1. The van der Waals surface area contributed by atoms with Crippen LogP contribution >= 0.6 is 23.5 Å². The molecule has 1 unspecified atom stereocenters. The van der Waals surface area contributed by atoms with Gasteiger partial charge in [-0.05, 0) is 113 Å². The van der Waals surface area contributed by atoms with E-state index >= 15 is 0 Å². The van der Waals surface area contributed by atoms with Gasteiger partial charge in [0.05, 0.1) is 28.5 Å². The number of thioether (sulfide) groups is 2. The van der Waals surface area contributed by atoms with Crippen LogP contribution in [0.3, 0.4) is 0 Å². The molecule has 1 atom stereocenters. The second-order valence-electron chi connectivity index (χ2n) is 13.8. The number of benzene rings is 2. The number of aliphatic hydroxyl groups is 1. The summed E-state index contributed by atoms with van der Waals surface area (Å²) in [5, 5.41) is 53.2. The molecular formula is C36H52N8O6S2. The zero-order chi connectivity index (χ0) is 38.9. The van der Waals surface area contributed by atoms with Gasteiger partial charge in [-0.3, -0.25) is 36.5 Å². The van der Waals surface area contributed by atoms with E-state index in [2.05, 4.69) is 21.3 Å². The Kier molecular flexibility index (Phi) is 18.2. The van der Waals surface area contributed by atoms with Gasteiger partial charge in [-0.2, -0.15) is 0 Å². The number of hydrogen-bond donors (Lipinski definition) is 9. The van der Waals surface area contributed by atoms with Gasteiger partial charge < -0.3 is 30.5 Å². The molecule has 0 heterocycles. The Morgan fingerprint density at radius 3 is 1.60 bits per heavy atom. The van der Waals surface area contributed by atoms with Crippen LogP contribution in [0.5, 0.6) is 0 Å². The molecule has 0 saturated heterocycles. The van der Waals surface area contributed by atoms with Gasteiger partial charge in [0.2, 0.25) is 18.2 Å². The van der Waals surface area contributed by atoms with Crippen molar-refractivity contribution in [2.45, 2.75) is 111 Å². The second-order valence-corrected chi connectivity index (χ2v) is 16.0. The van der Waals surface area contributed by atoms with Crippen molar-refractivity contribution in [2.24, 2.45) is 0 Å². The third kappa shape index (κ3) is 20.7. The van der Waals surface area contributed by atoms with Gasteiger partial charge in [0.1, 0.15) is 5.60 Å². The van der Waals surface area contributed by atoms with Crippen LogP contribution in [0, 0.1) is 21.6 Å². The van der Waals surface area contributed by atoms with Crippen LogP contribution in [0.4, 0.5) is 4.79 Å². The van der Waals surface area contributed by atoms with Crippen LogP contribution in [-0.4, -0.2) is 61.1 Å². The number of carbonyl (C=O) groups excluding carboxylic acids is 3. The van der Waals surface area contributed by atoms with Crippen LogP contribution in [-0.2, 0) is 45.0 Å². The molecule has 3 amide bonds. The summed E-state index contributed by atoms with van der Waals surface area (Å²) in [6.07, 6.45) is 0.272. The molecule has 0 radical (unpaired) electrons. The average Bonchev–Trinajstić information content (AvgIpc) is 2.99. The van der Waals surface area contributed by atoms with E-state index in [0.717, 1.165) is 40.2 Å². The largest absolute Gasteiger partial charge is 0.444 e. The Hall–Kier alpha value is -4.09. The maximum absolute atomic E-state index is 12.5. The van der Waals surface area contributed by atoms with Gasteiger partial charge in [0, 0.05) is 13.1 Å². The molecule has 0 aliphatic heterocycles. The summed E-state index contributed by atoms with van der Waals surface area (Å²) >= 11 is 1.71. The fourth-order valence-corrected chi connectivity index (χ4v) is 5.77. The van der Waals surface area contributed by atoms with Gasteiger partial charge in [0.25, 0.3) is 0 Å². The zero-order valence-electron chi connectivity index (χ0n) is 30.7. The molecule has 0 aliphatic carbocycles. The van der Waals surface area contributed by atoms with Gasteiger partial charge in [0.15, 0.2) is 10.3 Å². The number of ether oxygens (including phenoxy) is 2. The maximum Gasteiger partial charge on any atom is 0.407 e. The maximum atomic E-state index is 12.5. The zero-order valence-corrected chi connectivity index (χ0v) is 32.3. The lowest BCUT2D eigenvalue weighted by atomic mass is 10.1. The Balaban J connectivity index is 1.63. The number of amidine groups is 2. The van der Waals surface area contributed by atoms with Crippen molar-refractivity contribution in [1.82, 2.24) is 21.3 Å². The van der Waals surface area contributed by atoms with Crippen LogP contribution < -0.4 is 21.3 Å². The summed E-state index contributed by atoms with van der Waals surface area (Å²) in [6, 6.07) is 14.5. The van der Waals surface area contributed by atoms with E-state index in [1.54, 1.807) is 45.0 Å². The molecule has 52 heavy (non-hydrogen) atoms. The van der Waals surface area contributed by atoms with Gasteiger partial charge >= 0.3 is 6.09 Å². The lowest BCUT2D eigenvalue weighted by molar-refractivity contribution is -0.182. The third-order valence-electron chi connectivity index (χ3n) is 6.51. The Labute approximate surface area is 314 Å². The first-order valence-electron chi connectivity index (χ1n) is 16.8. The molecular weight excluding hydrogens is 705 g/mol. The summed E-state index contributed by atoms with van der Waals surface area (Å²) < 4.78 is 10.7. The number of alkyl carbamates (subject to hydrolysis) is 1. The molecule has 0 spiro atoms. The minimum Gasteiger partial charge on any atom is -0.444 e. The molecule has 16 heteroatoms. The standard InChI is InChI=1S/C36H52N8O6S2/c1-35(2,3)49-33(47)41-21-25-13-9-11-23(17-25)19-29(45)43-31(39)51-27(37)15-7-8-16-28(38)52-32(40)44-30(46)20-24-12-10-14-26(18-24)22-42-34(48)50-36(4,5)6/h9-14,17-18,33,37-38,41,47H,7-8,15-16,19-22H2,1-6H3,(H,42,48)(H2,39,43,45)(H2,40,44,46). The van der Waals surface area contributed by atoms with Crippen LogP contribution in [0.15, 0.2) is 48.5 Å². The summed E-state index contributed by atoms with van der Waals surface area (Å²) in [5.74, 6) is -0.778. The molecule has 2 aromatic rings. The fourth-order valence-electron chi connectivity index (χ4n) is 4.45. The molecule has 0 fully saturated rings. The van der Waals surface area contributed by atoms with Crippen molar-refractivity contribution >= 4 is 61.9 Å². The molecule has 0 aliphatic rings. The van der Waals surface area contributed by atoms with Gasteiger partial charge in [-0.1, -0.05) is 48.5 Å². The summed E-state index contributed by atoms with van der Waals surface area (Å²) in [4.78, 5) is 36.9. The monoisotopic (exact) mass is 756 g/mol. The number of hydrogen-bond acceptors (Lipinski definition) is 13. The van der Waals surface area contributed by atoms with Gasteiger partial charge in [-0.15, -0.1) is 0 Å². The van der Waals surface area contributed by atoms with E-state index in [1.807, 2.05) is 45.0 Å². The normalized spacial score (nSPS) is 12.0. The quantitative estimate of drug-likeness (QED) is 0.0465. The third-order valence-corrected chi connectivity index (χ3v) is 8.02. The number of amides is 3. The van der Waals surface area contributed by atoms with Gasteiger partial charge in [-0.25, -0.2) is 4.79 Å². The molecule has 0 bridgehead atoms. The first-order valence-corrected chi connectivity index (χ1v) is 18.4. The van der Waals surface area contributed by atoms with E-state index in [4.69, 9.17) is 31.1 Å². The number of rotatable bonds is 15. The lowest BCUT2D eigenvalue weighted by Gasteiger charge is -2.24. The van der Waals surface area contributed by atoms with E-state index in [-0.39, 0.29) is 45.7 Å². The number of unbranched alkanes of at least 4 members (excludes halogenated alkanes) is 1. The first-order chi connectivity index (χ1) is 24.3. The van der Waals surface area contributed by atoms with Crippen molar-refractivity contribution in [3.8, 4) is 0 Å². The van der Waals surface area contributed by atoms with Crippen molar-refractivity contribution in [1.29, 1.82) is 21.6 Å². The fraction of sp³-hybridized carbons (Fsp3) is 0.472. The number of carbonyl (C=O) groups is 3. The Bertz CT molecular complexity index is 1590. The summed E-state index contributed by atoms with van der Waals surface area (Å²) in [7, 11) is 0. The molecule has 14 nitrogen and oxygen atoms in total. The average molecular weight is 757 g/mol. The summed E-state index contributed by atoms with van der Waals surface area (Å²) in [5.41, 5.74) is 1.98. The molecule has 9 N–H and O–H groups in total. The highest BCUT2D eigenvalue weighted by Crippen LogP contribution is 2.16. The highest BCUT2D eigenvalue weighted by Gasteiger charge is 2.17. The van der Waals surface area contributed by atoms with Crippen molar-refractivity contribution < 1.29 is 29.0 Å². The molecule has 0 saturated carbocycles. The summed E-state index contributed by atoms with van der Waals surface area (Å²) in [6.45, 7) is 11.4. The smallest absolute Gasteiger partial charge is 0.407 e. The highest BCUT2D eigenvalue weighted by atomic mass is 32.2. The predicted octanol–water partition coefficient (Wildman–Crippen LogP) is 5.76. The number of nitrogens with one attached hydrogen (secondary N) is 8. The predicted molar refractivity (Wildman–Crippen MR) is 208 cm³/mol. The van der Waals surface area contributed by atoms with E-state index in [0.29, 0.717) is 37.8 Å². The van der Waals surface area contributed by atoms with Crippen molar-refractivity contribution in [3.63, 3.8) is 0 Å². The molecule has 2 aromatic carbocycles. The molecule has 2 rings (SSSR count). The Morgan fingerprint density at radius 1 is 0.712 bits per heavy atom.